The Hall–Kier alpha value is -2.34. The van der Waals surface area contributed by atoms with Crippen LogP contribution in [0.5, 0.6) is 0 Å². The molecule has 5 nitrogen and oxygen atoms in total. The molecule has 0 aliphatic rings. The number of nitrogens with one attached hydrogen (secondary N) is 1. The molecule has 0 atom stereocenters. The van der Waals surface area contributed by atoms with E-state index in [0.29, 0.717) is 11.4 Å². The molecule has 0 spiro atoms. The smallest absolute Gasteiger partial charge is 0.340 e. The first kappa shape index (κ1) is 16.0. The predicted octanol–water partition coefficient (Wildman–Crippen LogP) is 3.14. The molecule has 6 heteroatoms. The van der Waals surface area contributed by atoms with Gasteiger partial charge < -0.3 is 15.8 Å². The van der Waals surface area contributed by atoms with Gasteiger partial charge in [0.1, 0.15) is 0 Å². The van der Waals surface area contributed by atoms with Crippen LogP contribution in [-0.4, -0.2) is 18.5 Å². The quantitative estimate of drug-likeness (QED) is 0.646. The van der Waals surface area contributed by atoms with Gasteiger partial charge in [0.25, 0.3) is 5.91 Å². The van der Waals surface area contributed by atoms with Crippen molar-refractivity contribution in [3.63, 3.8) is 0 Å². The molecule has 0 fully saturated rings. The van der Waals surface area contributed by atoms with Crippen molar-refractivity contribution >= 4 is 39.2 Å². The van der Waals surface area contributed by atoms with Crippen LogP contribution in [-0.2, 0) is 9.53 Å². The van der Waals surface area contributed by atoms with Crippen LogP contribution >= 0.6 is 15.9 Å². The van der Waals surface area contributed by atoms with E-state index in [2.05, 4.69) is 21.2 Å². The molecule has 2 rings (SSSR count). The third-order valence-electron chi connectivity index (χ3n) is 3.01. The van der Waals surface area contributed by atoms with Crippen LogP contribution in [0, 0.1) is 6.92 Å². The van der Waals surface area contributed by atoms with E-state index in [4.69, 9.17) is 10.5 Å². The molecule has 2 aromatic carbocycles. The third kappa shape index (κ3) is 4.08. The van der Waals surface area contributed by atoms with Crippen molar-refractivity contribution in [2.24, 2.45) is 0 Å². The lowest BCUT2D eigenvalue weighted by Gasteiger charge is -2.09. The van der Waals surface area contributed by atoms with Gasteiger partial charge >= 0.3 is 5.97 Å². The highest BCUT2D eigenvalue weighted by molar-refractivity contribution is 9.10. The fraction of sp³-hybridized carbons (Fsp3) is 0.125. The standard InChI is InChI=1S/C16H15BrN2O3/c1-10-3-2-4-13(15(10)18)16(21)22-9-14(20)19-12-7-5-11(17)6-8-12/h2-8H,9,18H2,1H3,(H,19,20). The van der Waals surface area contributed by atoms with Gasteiger partial charge in [0, 0.05) is 15.8 Å². The average molecular weight is 363 g/mol. The second-order valence-corrected chi connectivity index (χ2v) is 5.58. The van der Waals surface area contributed by atoms with Crippen LogP contribution in [0.15, 0.2) is 46.9 Å². The van der Waals surface area contributed by atoms with Crippen LogP contribution in [0.1, 0.15) is 15.9 Å². The molecule has 0 aliphatic heterocycles. The first-order valence-corrected chi connectivity index (χ1v) is 7.34. The highest BCUT2D eigenvalue weighted by atomic mass is 79.9. The van der Waals surface area contributed by atoms with Gasteiger partial charge in [-0.1, -0.05) is 28.1 Å². The number of esters is 1. The Balaban J connectivity index is 1.92. The van der Waals surface area contributed by atoms with Crippen LogP contribution in [0.3, 0.4) is 0 Å². The topological polar surface area (TPSA) is 81.4 Å². The van der Waals surface area contributed by atoms with Crippen molar-refractivity contribution in [1.82, 2.24) is 0 Å². The summed E-state index contributed by atoms with van der Waals surface area (Å²) in [5, 5.41) is 2.63. The molecule has 0 radical (unpaired) electrons. The third-order valence-corrected chi connectivity index (χ3v) is 3.54. The lowest BCUT2D eigenvalue weighted by molar-refractivity contribution is -0.119. The van der Waals surface area contributed by atoms with Crippen LogP contribution in [0.25, 0.3) is 0 Å². The van der Waals surface area contributed by atoms with E-state index >= 15 is 0 Å². The number of hydrogen-bond acceptors (Lipinski definition) is 4. The van der Waals surface area contributed by atoms with E-state index in [0.717, 1.165) is 10.0 Å². The molecule has 22 heavy (non-hydrogen) atoms. The van der Waals surface area contributed by atoms with Crippen molar-refractivity contribution in [3.8, 4) is 0 Å². The maximum Gasteiger partial charge on any atom is 0.340 e. The number of halogens is 1. The maximum atomic E-state index is 11.9. The average Bonchev–Trinajstić information content (AvgIpc) is 2.50. The molecule has 0 bridgehead atoms. The highest BCUT2D eigenvalue weighted by Crippen LogP contribution is 2.17. The summed E-state index contributed by atoms with van der Waals surface area (Å²) in [6.45, 7) is 1.43. The Kier molecular flexibility index (Phi) is 5.16. The molecular weight excluding hydrogens is 348 g/mol. The van der Waals surface area contributed by atoms with Crippen LogP contribution in [0.4, 0.5) is 11.4 Å². The van der Waals surface area contributed by atoms with E-state index in [-0.39, 0.29) is 12.2 Å². The summed E-state index contributed by atoms with van der Waals surface area (Å²) in [7, 11) is 0. The number of benzene rings is 2. The Morgan fingerprint density at radius 1 is 1.18 bits per heavy atom. The summed E-state index contributed by atoms with van der Waals surface area (Å²) >= 11 is 3.31. The maximum absolute atomic E-state index is 11.9. The Morgan fingerprint density at radius 3 is 2.55 bits per heavy atom. The summed E-state index contributed by atoms with van der Waals surface area (Å²) in [4.78, 5) is 23.7. The van der Waals surface area contributed by atoms with Crippen molar-refractivity contribution in [1.29, 1.82) is 0 Å². The molecule has 0 saturated heterocycles. The molecule has 114 valence electrons. The summed E-state index contributed by atoms with van der Waals surface area (Å²) < 4.78 is 5.89. The van der Waals surface area contributed by atoms with Gasteiger partial charge in [-0.3, -0.25) is 4.79 Å². The number of aryl methyl sites for hydroxylation is 1. The number of carbonyl (C=O) groups is 2. The first-order chi connectivity index (χ1) is 10.5. The number of rotatable bonds is 4. The number of hydrogen-bond donors (Lipinski definition) is 2. The summed E-state index contributed by atoms with van der Waals surface area (Å²) in [6, 6.07) is 12.2. The molecule has 0 heterocycles. The second kappa shape index (κ2) is 7.09. The minimum Gasteiger partial charge on any atom is -0.452 e. The number of ether oxygens (including phenoxy) is 1. The van der Waals surface area contributed by atoms with Gasteiger partial charge in [-0.05, 0) is 42.8 Å². The second-order valence-electron chi connectivity index (χ2n) is 4.67. The van der Waals surface area contributed by atoms with E-state index < -0.39 is 11.9 Å². The number of anilines is 2. The number of nitrogen functional groups attached to an aromatic ring is 1. The zero-order chi connectivity index (χ0) is 16.1. The monoisotopic (exact) mass is 362 g/mol. The van der Waals surface area contributed by atoms with Gasteiger partial charge in [0.15, 0.2) is 6.61 Å². The molecular formula is C16H15BrN2O3. The fourth-order valence-electron chi connectivity index (χ4n) is 1.80. The van der Waals surface area contributed by atoms with Crippen molar-refractivity contribution in [3.05, 3.63) is 58.1 Å². The number of carbonyl (C=O) groups excluding carboxylic acids is 2. The predicted molar refractivity (Wildman–Crippen MR) is 88.6 cm³/mol. The molecule has 0 unspecified atom stereocenters. The lowest BCUT2D eigenvalue weighted by atomic mass is 10.1. The molecule has 0 aromatic heterocycles. The van der Waals surface area contributed by atoms with E-state index in [1.54, 1.807) is 49.4 Å². The summed E-state index contributed by atoms with van der Waals surface area (Å²) in [6.07, 6.45) is 0. The molecule has 0 aliphatic carbocycles. The molecule has 2 aromatic rings. The minimum atomic E-state index is -0.618. The van der Waals surface area contributed by atoms with Crippen LogP contribution in [0.2, 0.25) is 0 Å². The van der Waals surface area contributed by atoms with E-state index in [1.165, 1.54) is 0 Å². The SMILES string of the molecule is Cc1cccc(C(=O)OCC(=O)Nc2ccc(Br)cc2)c1N. The lowest BCUT2D eigenvalue weighted by Crippen LogP contribution is -2.21. The normalized spacial score (nSPS) is 10.1. The molecule has 3 N–H and O–H groups in total. The van der Waals surface area contributed by atoms with Gasteiger partial charge in [-0.2, -0.15) is 0 Å². The molecule has 1 amide bonds. The fourth-order valence-corrected chi connectivity index (χ4v) is 2.06. The van der Waals surface area contributed by atoms with Crippen LogP contribution < -0.4 is 11.1 Å². The minimum absolute atomic E-state index is 0.261. The van der Waals surface area contributed by atoms with Crippen molar-refractivity contribution in [2.75, 3.05) is 17.7 Å². The Bertz CT molecular complexity index is 699. The van der Waals surface area contributed by atoms with E-state index in [1.807, 2.05) is 0 Å². The Labute approximate surface area is 136 Å². The number of amides is 1. The largest absolute Gasteiger partial charge is 0.452 e. The number of para-hydroxylation sites is 1. The Morgan fingerprint density at radius 2 is 1.86 bits per heavy atom. The van der Waals surface area contributed by atoms with Gasteiger partial charge in [-0.15, -0.1) is 0 Å². The summed E-state index contributed by atoms with van der Waals surface area (Å²) in [5.74, 6) is -1.03. The highest BCUT2D eigenvalue weighted by Gasteiger charge is 2.14. The van der Waals surface area contributed by atoms with E-state index in [9.17, 15) is 9.59 Å². The van der Waals surface area contributed by atoms with Crippen molar-refractivity contribution < 1.29 is 14.3 Å². The zero-order valence-corrected chi connectivity index (χ0v) is 13.5. The van der Waals surface area contributed by atoms with Gasteiger partial charge in [0.2, 0.25) is 0 Å². The molecule has 0 saturated carbocycles. The number of nitrogens with two attached hydrogens (primary N) is 1. The van der Waals surface area contributed by atoms with Gasteiger partial charge in [0.05, 0.1) is 5.56 Å². The zero-order valence-electron chi connectivity index (χ0n) is 11.9. The summed E-state index contributed by atoms with van der Waals surface area (Å²) in [5.41, 5.74) is 7.85. The van der Waals surface area contributed by atoms with Crippen molar-refractivity contribution in [2.45, 2.75) is 6.92 Å². The van der Waals surface area contributed by atoms with Gasteiger partial charge in [-0.25, -0.2) is 4.79 Å². The first-order valence-electron chi connectivity index (χ1n) is 6.55.